The number of halogens is 1. The topological polar surface area (TPSA) is 71.1 Å². The van der Waals surface area contributed by atoms with E-state index in [4.69, 9.17) is 16.3 Å². The smallest absolute Gasteiger partial charge is 0.337 e. The molecule has 1 fully saturated rings. The zero-order valence-corrected chi connectivity index (χ0v) is 18.5. The monoisotopic (exact) mass is 450 g/mol. The first kappa shape index (κ1) is 20.6. The Morgan fingerprint density at radius 2 is 1.78 bits per heavy atom. The van der Waals surface area contributed by atoms with Gasteiger partial charge < -0.3 is 9.30 Å². The van der Waals surface area contributed by atoms with Gasteiger partial charge in [0.1, 0.15) is 5.75 Å². The van der Waals surface area contributed by atoms with Crippen molar-refractivity contribution in [3.63, 3.8) is 0 Å². The summed E-state index contributed by atoms with van der Waals surface area (Å²) in [5, 5.41) is 0.614. The predicted octanol–water partition coefficient (Wildman–Crippen LogP) is 4.17. The maximum Gasteiger partial charge on any atom is 0.337 e. The largest absolute Gasteiger partial charge is 0.495 e. The molecule has 0 radical (unpaired) electrons. The number of hydrogen-bond acceptors (Lipinski definition) is 4. The normalized spacial score (nSPS) is 14.3. The molecule has 32 heavy (non-hydrogen) atoms. The second-order valence-electron chi connectivity index (χ2n) is 8.04. The molecule has 0 spiro atoms. The van der Waals surface area contributed by atoms with Crippen LogP contribution in [-0.2, 0) is 6.54 Å². The van der Waals surface area contributed by atoms with Crippen LogP contribution in [0, 0.1) is 0 Å². The number of methoxy groups -OCH3 is 1. The van der Waals surface area contributed by atoms with Crippen LogP contribution in [0.15, 0.2) is 64.4 Å². The molecule has 5 rings (SSSR count). The SMILES string of the molecule is COc1ccccc1-n1c(=O)n(C2CCCC2)c(=O)c2c1ncn2Cc1ccccc1Cl. The molecule has 8 heteroatoms. The molecule has 0 unspecified atom stereocenters. The van der Waals surface area contributed by atoms with Crippen LogP contribution in [0.4, 0.5) is 0 Å². The lowest BCUT2D eigenvalue weighted by Crippen LogP contribution is -2.42. The molecule has 2 aromatic heterocycles. The number of para-hydroxylation sites is 2. The third kappa shape index (κ3) is 3.33. The fourth-order valence-corrected chi connectivity index (χ4v) is 4.79. The fourth-order valence-electron chi connectivity index (χ4n) is 4.60. The molecule has 0 atom stereocenters. The van der Waals surface area contributed by atoms with Gasteiger partial charge in [0, 0.05) is 11.1 Å². The van der Waals surface area contributed by atoms with Crippen LogP contribution in [0.2, 0.25) is 5.02 Å². The molecule has 0 N–H and O–H groups in total. The number of benzene rings is 2. The Morgan fingerprint density at radius 3 is 2.53 bits per heavy atom. The van der Waals surface area contributed by atoms with Gasteiger partial charge in [-0.3, -0.25) is 9.36 Å². The highest BCUT2D eigenvalue weighted by Crippen LogP contribution is 2.29. The Morgan fingerprint density at radius 1 is 1.06 bits per heavy atom. The van der Waals surface area contributed by atoms with Crippen molar-refractivity contribution >= 4 is 22.8 Å². The van der Waals surface area contributed by atoms with Crippen molar-refractivity contribution in [3.05, 3.63) is 86.3 Å². The van der Waals surface area contributed by atoms with Crippen LogP contribution in [-0.4, -0.2) is 25.8 Å². The lowest BCUT2D eigenvalue weighted by molar-refractivity contribution is 0.411. The molecule has 164 valence electrons. The van der Waals surface area contributed by atoms with Gasteiger partial charge in [0.15, 0.2) is 11.2 Å². The lowest BCUT2D eigenvalue weighted by Gasteiger charge is -2.18. The molecule has 4 aromatic rings. The van der Waals surface area contributed by atoms with E-state index < -0.39 is 0 Å². The number of aromatic nitrogens is 4. The summed E-state index contributed by atoms with van der Waals surface area (Å²) in [5.74, 6) is 0.535. The lowest BCUT2D eigenvalue weighted by atomic mass is 10.2. The van der Waals surface area contributed by atoms with E-state index in [0.717, 1.165) is 31.2 Å². The van der Waals surface area contributed by atoms with Crippen LogP contribution in [0.1, 0.15) is 37.3 Å². The van der Waals surface area contributed by atoms with Gasteiger partial charge in [-0.15, -0.1) is 0 Å². The Kier molecular flexibility index (Phi) is 5.35. The zero-order chi connectivity index (χ0) is 22.2. The first-order valence-corrected chi connectivity index (χ1v) is 11.1. The zero-order valence-electron chi connectivity index (χ0n) is 17.7. The van der Waals surface area contributed by atoms with Crippen molar-refractivity contribution in [2.45, 2.75) is 38.3 Å². The van der Waals surface area contributed by atoms with Crippen LogP contribution < -0.4 is 16.0 Å². The third-order valence-electron chi connectivity index (χ3n) is 6.16. The summed E-state index contributed by atoms with van der Waals surface area (Å²) in [6, 6.07) is 14.7. The highest BCUT2D eigenvalue weighted by molar-refractivity contribution is 6.31. The molecule has 2 aromatic carbocycles. The summed E-state index contributed by atoms with van der Waals surface area (Å²) in [4.78, 5) is 31.8. The van der Waals surface area contributed by atoms with Gasteiger partial charge in [-0.2, -0.15) is 0 Å². The van der Waals surface area contributed by atoms with E-state index in [9.17, 15) is 9.59 Å². The first-order chi connectivity index (χ1) is 15.6. The minimum absolute atomic E-state index is 0.121. The molecule has 0 saturated heterocycles. The van der Waals surface area contributed by atoms with Crippen LogP contribution in [0.5, 0.6) is 5.75 Å². The van der Waals surface area contributed by atoms with Gasteiger partial charge in [-0.05, 0) is 36.6 Å². The average molecular weight is 451 g/mol. The summed E-state index contributed by atoms with van der Waals surface area (Å²) in [6.45, 7) is 0.375. The average Bonchev–Trinajstić information content (AvgIpc) is 3.47. The standard InChI is InChI=1S/C24H23ClN4O3/c1-32-20-13-7-6-12-19(20)29-22-21(23(30)28(24(29)31)17-9-3-4-10-17)27(15-26-22)14-16-8-2-5-11-18(16)25/h2,5-8,11-13,15,17H,3-4,9-10,14H2,1H3. The molecule has 0 bridgehead atoms. The molecular weight excluding hydrogens is 428 g/mol. The molecule has 0 amide bonds. The van der Waals surface area contributed by atoms with Gasteiger partial charge in [0.05, 0.1) is 25.7 Å². The van der Waals surface area contributed by atoms with E-state index >= 15 is 0 Å². The Bertz CT molecular complexity index is 1410. The number of rotatable bonds is 5. The first-order valence-electron chi connectivity index (χ1n) is 10.7. The number of nitrogens with zero attached hydrogens (tertiary/aromatic N) is 4. The maximum absolute atomic E-state index is 13.7. The van der Waals surface area contributed by atoms with Crippen molar-refractivity contribution in [1.29, 1.82) is 0 Å². The fraction of sp³-hybridized carbons (Fsp3) is 0.292. The van der Waals surface area contributed by atoms with Crippen molar-refractivity contribution < 1.29 is 4.74 Å². The van der Waals surface area contributed by atoms with Crippen molar-refractivity contribution in [2.75, 3.05) is 7.11 Å². The van der Waals surface area contributed by atoms with E-state index in [1.165, 1.54) is 9.13 Å². The van der Waals surface area contributed by atoms with Crippen LogP contribution in [0.25, 0.3) is 16.9 Å². The van der Waals surface area contributed by atoms with E-state index in [-0.39, 0.29) is 17.3 Å². The number of hydrogen-bond donors (Lipinski definition) is 0. The minimum Gasteiger partial charge on any atom is -0.495 e. The Labute approximate surface area is 189 Å². The van der Waals surface area contributed by atoms with E-state index in [0.29, 0.717) is 34.2 Å². The molecular formula is C24H23ClN4O3. The van der Waals surface area contributed by atoms with Gasteiger partial charge >= 0.3 is 5.69 Å². The van der Waals surface area contributed by atoms with Gasteiger partial charge in [0.25, 0.3) is 5.56 Å². The predicted molar refractivity (Wildman–Crippen MR) is 124 cm³/mol. The highest BCUT2D eigenvalue weighted by Gasteiger charge is 2.27. The third-order valence-corrected chi connectivity index (χ3v) is 6.53. The van der Waals surface area contributed by atoms with Crippen molar-refractivity contribution in [3.8, 4) is 11.4 Å². The Balaban J connectivity index is 1.82. The van der Waals surface area contributed by atoms with Gasteiger partial charge in [-0.25, -0.2) is 14.3 Å². The second kappa shape index (κ2) is 8.31. The molecule has 7 nitrogen and oxygen atoms in total. The van der Waals surface area contributed by atoms with Gasteiger partial charge in [-0.1, -0.05) is 54.8 Å². The highest BCUT2D eigenvalue weighted by atomic mass is 35.5. The molecule has 1 aliphatic carbocycles. The Hall–Kier alpha value is -3.32. The maximum atomic E-state index is 13.7. The summed E-state index contributed by atoms with van der Waals surface area (Å²) in [5.41, 5.74) is 1.41. The molecule has 0 aliphatic heterocycles. The van der Waals surface area contributed by atoms with Crippen molar-refractivity contribution in [2.24, 2.45) is 0 Å². The van der Waals surface area contributed by atoms with E-state index in [1.54, 1.807) is 30.1 Å². The summed E-state index contributed by atoms with van der Waals surface area (Å²) in [7, 11) is 1.56. The summed E-state index contributed by atoms with van der Waals surface area (Å²) >= 11 is 6.37. The van der Waals surface area contributed by atoms with E-state index in [2.05, 4.69) is 4.98 Å². The second-order valence-corrected chi connectivity index (χ2v) is 8.45. The van der Waals surface area contributed by atoms with Gasteiger partial charge in [0.2, 0.25) is 0 Å². The quantitative estimate of drug-likeness (QED) is 0.457. The summed E-state index contributed by atoms with van der Waals surface area (Å²) < 4.78 is 10.2. The summed E-state index contributed by atoms with van der Waals surface area (Å²) in [6.07, 6.45) is 5.22. The molecule has 1 saturated carbocycles. The van der Waals surface area contributed by atoms with Crippen molar-refractivity contribution in [1.82, 2.24) is 18.7 Å². The minimum atomic E-state index is -0.387. The number of fused-ring (bicyclic) bond motifs is 1. The molecule has 2 heterocycles. The van der Waals surface area contributed by atoms with E-state index in [1.807, 2.05) is 36.4 Å². The van der Waals surface area contributed by atoms with Crippen LogP contribution >= 0.6 is 11.6 Å². The number of ether oxygens (including phenoxy) is 1. The number of imidazole rings is 1. The molecule has 1 aliphatic rings. The van der Waals surface area contributed by atoms with Crippen LogP contribution in [0.3, 0.4) is 0 Å².